The lowest BCUT2D eigenvalue weighted by Gasteiger charge is -2.34. The maximum absolute atomic E-state index is 14.2. The molecule has 1 heterocycles. The number of carbonyl (C=O) groups excluding carboxylic acids is 10. The predicted molar refractivity (Wildman–Crippen MR) is 296 cm³/mol. The van der Waals surface area contributed by atoms with Gasteiger partial charge in [0.25, 0.3) is 0 Å². The van der Waals surface area contributed by atoms with Gasteiger partial charge in [-0.2, -0.15) is 0 Å². The number of hydrogen-bond donors (Lipinski definition) is 11. The van der Waals surface area contributed by atoms with E-state index in [0.717, 1.165) is 6.42 Å². The van der Waals surface area contributed by atoms with Crippen molar-refractivity contribution < 1.29 is 53.1 Å². The number of aliphatic hydroxyl groups excluding tert-OH is 1. The average Bonchev–Trinajstić information content (AvgIpc) is 3.81. The van der Waals surface area contributed by atoms with Crippen molar-refractivity contribution in [3.8, 4) is 0 Å². The molecule has 0 spiro atoms. The molecular weight excluding hydrogens is 991 g/mol. The minimum Gasteiger partial charge on any atom is -0.390 e. The lowest BCUT2D eigenvalue weighted by Crippen LogP contribution is -2.66. The van der Waals surface area contributed by atoms with Gasteiger partial charge in [0.2, 0.25) is 59.1 Å². The summed E-state index contributed by atoms with van der Waals surface area (Å²) >= 11 is 0. The van der Waals surface area contributed by atoms with E-state index >= 15 is 0 Å². The first kappa shape index (κ1) is 69.4. The van der Waals surface area contributed by atoms with Gasteiger partial charge in [-0.3, -0.25) is 47.9 Å². The quantitative estimate of drug-likeness (QED) is 0.0428. The summed E-state index contributed by atoms with van der Waals surface area (Å²) in [4.78, 5) is 138. The van der Waals surface area contributed by atoms with Crippen molar-refractivity contribution in [3.05, 3.63) is 12.2 Å². The molecule has 77 heavy (non-hydrogen) atoms. The zero-order chi connectivity index (χ0) is 59.3. The van der Waals surface area contributed by atoms with Gasteiger partial charge in [0.1, 0.15) is 46.8 Å². The fraction of sp³-hybridized carbons (Fsp3) is 0.782. The Morgan fingerprint density at radius 3 is 1.62 bits per heavy atom. The summed E-state index contributed by atoms with van der Waals surface area (Å²) in [7, 11) is 1.77. The van der Waals surface area contributed by atoms with E-state index in [2.05, 4.69) is 53.2 Å². The SMILES string of the molecule is CCC(C)C=CC(=O)N1CCCC1C(=O)NC(CC(C)C)C(=O)NC(C(=O)NC(C)(C)C(=O)NC(CC(C)C)C(=O)NC(CC(C)C)C(=O)NC(C)(C)C(=O)NC(C)(C)C(=O)NCCC(=O)NC(C)CNC)C(O)C(C)C. The van der Waals surface area contributed by atoms with Crippen molar-refractivity contribution >= 4 is 59.1 Å². The fourth-order valence-corrected chi connectivity index (χ4v) is 8.32. The molecule has 440 valence electrons. The van der Waals surface area contributed by atoms with Crippen LogP contribution < -0.4 is 53.2 Å². The van der Waals surface area contributed by atoms with Gasteiger partial charge in [-0.1, -0.05) is 81.7 Å². The summed E-state index contributed by atoms with van der Waals surface area (Å²) in [6.07, 6.45) is 4.10. The third-order valence-electron chi connectivity index (χ3n) is 13.2. The third kappa shape index (κ3) is 23.9. The lowest BCUT2D eigenvalue weighted by atomic mass is 9.95. The van der Waals surface area contributed by atoms with Crippen LogP contribution >= 0.6 is 0 Å². The number of carbonyl (C=O) groups is 10. The van der Waals surface area contributed by atoms with Crippen LogP contribution in [-0.4, -0.2) is 155 Å². The van der Waals surface area contributed by atoms with Gasteiger partial charge in [0, 0.05) is 32.1 Å². The van der Waals surface area contributed by atoms with E-state index < -0.39 is 106 Å². The molecule has 1 aliphatic heterocycles. The lowest BCUT2D eigenvalue weighted by molar-refractivity contribution is -0.140. The van der Waals surface area contributed by atoms with Crippen molar-refractivity contribution in [2.45, 2.75) is 222 Å². The van der Waals surface area contributed by atoms with Gasteiger partial charge in [0.05, 0.1) is 6.10 Å². The molecule has 1 fully saturated rings. The van der Waals surface area contributed by atoms with Crippen LogP contribution in [0.25, 0.3) is 0 Å². The Labute approximate surface area is 458 Å². The molecule has 0 aromatic heterocycles. The van der Waals surface area contributed by atoms with Crippen LogP contribution in [0.5, 0.6) is 0 Å². The molecule has 1 rings (SSSR count). The highest BCUT2D eigenvalue weighted by Gasteiger charge is 2.42. The van der Waals surface area contributed by atoms with Gasteiger partial charge >= 0.3 is 0 Å². The summed E-state index contributed by atoms with van der Waals surface area (Å²) in [5, 5.41) is 38.7. The monoisotopic (exact) mass is 1090 g/mol. The van der Waals surface area contributed by atoms with Crippen LogP contribution in [0.15, 0.2) is 12.2 Å². The van der Waals surface area contributed by atoms with E-state index in [1.165, 1.54) is 52.5 Å². The molecular formula is C55H99N11O11. The minimum absolute atomic E-state index is 0.0167. The Hall–Kier alpha value is -5.64. The van der Waals surface area contributed by atoms with Crippen LogP contribution in [0, 0.1) is 29.6 Å². The normalized spacial score (nSPS) is 16.9. The van der Waals surface area contributed by atoms with Gasteiger partial charge in [-0.05, 0) is 123 Å². The number of nitrogens with zero attached hydrogens (tertiary/aromatic N) is 1. The maximum Gasteiger partial charge on any atom is 0.246 e. The Bertz CT molecular complexity index is 2050. The van der Waals surface area contributed by atoms with Crippen molar-refractivity contribution in [1.82, 2.24) is 58.1 Å². The molecule has 1 saturated heterocycles. The van der Waals surface area contributed by atoms with Crippen LogP contribution in [0.4, 0.5) is 0 Å². The van der Waals surface area contributed by atoms with Gasteiger partial charge in [-0.15, -0.1) is 0 Å². The van der Waals surface area contributed by atoms with Crippen LogP contribution in [0.3, 0.4) is 0 Å². The van der Waals surface area contributed by atoms with Crippen molar-refractivity contribution in [2.24, 2.45) is 29.6 Å². The summed E-state index contributed by atoms with van der Waals surface area (Å²) in [5.41, 5.74) is -4.81. The highest BCUT2D eigenvalue weighted by Crippen LogP contribution is 2.21. The first-order valence-corrected chi connectivity index (χ1v) is 27.6. The molecule has 10 amide bonds. The molecule has 11 N–H and O–H groups in total. The molecule has 0 aromatic rings. The number of likely N-dealkylation sites (N-methyl/N-ethyl adjacent to an activating group) is 1. The molecule has 22 nitrogen and oxygen atoms in total. The highest BCUT2D eigenvalue weighted by molar-refractivity contribution is 6.00. The number of amides is 10. The van der Waals surface area contributed by atoms with E-state index in [4.69, 9.17) is 0 Å². The molecule has 1 aliphatic rings. The summed E-state index contributed by atoms with van der Waals surface area (Å²) in [5.74, 6) is -7.01. The molecule has 0 saturated carbocycles. The second-order valence-electron chi connectivity index (χ2n) is 24.0. The van der Waals surface area contributed by atoms with Crippen molar-refractivity contribution in [3.63, 3.8) is 0 Å². The summed E-state index contributed by atoms with van der Waals surface area (Å²) in [6, 6.07) is -6.08. The number of rotatable bonds is 32. The van der Waals surface area contributed by atoms with Gasteiger partial charge < -0.3 is 63.2 Å². The topological polar surface area (TPSA) is 314 Å². The van der Waals surface area contributed by atoms with E-state index in [1.54, 1.807) is 27.0 Å². The molecule has 0 radical (unpaired) electrons. The van der Waals surface area contributed by atoms with Crippen molar-refractivity contribution in [2.75, 3.05) is 26.7 Å². The van der Waals surface area contributed by atoms with Crippen molar-refractivity contribution in [1.29, 1.82) is 0 Å². The summed E-state index contributed by atoms with van der Waals surface area (Å²) < 4.78 is 0. The molecule has 0 aromatic carbocycles. The number of likely N-dealkylation sites (tertiary alicyclic amines) is 1. The summed E-state index contributed by atoms with van der Waals surface area (Å²) in [6.45, 7) is 29.7. The van der Waals surface area contributed by atoms with Gasteiger partial charge in [0.15, 0.2) is 0 Å². The van der Waals surface area contributed by atoms with Crippen LogP contribution in [0.2, 0.25) is 0 Å². The fourth-order valence-electron chi connectivity index (χ4n) is 8.32. The van der Waals surface area contributed by atoms with Crippen LogP contribution in [-0.2, 0) is 47.9 Å². The van der Waals surface area contributed by atoms with E-state index in [-0.39, 0.29) is 73.8 Å². The zero-order valence-electron chi connectivity index (χ0n) is 49.6. The van der Waals surface area contributed by atoms with E-state index in [0.29, 0.717) is 25.9 Å². The van der Waals surface area contributed by atoms with E-state index in [1.807, 2.05) is 62.3 Å². The van der Waals surface area contributed by atoms with Crippen LogP contribution in [0.1, 0.15) is 163 Å². The first-order valence-electron chi connectivity index (χ1n) is 27.6. The first-order chi connectivity index (χ1) is 35.5. The smallest absolute Gasteiger partial charge is 0.246 e. The second-order valence-corrected chi connectivity index (χ2v) is 24.0. The predicted octanol–water partition coefficient (Wildman–Crippen LogP) is 1.59. The molecule has 0 bridgehead atoms. The average molecular weight is 1090 g/mol. The third-order valence-corrected chi connectivity index (χ3v) is 13.2. The Balaban J connectivity index is 3.26. The number of allylic oxidation sites excluding steroid dienone is 1. The Kier molecular flexibility index (Phi) is 28.5. The Morgan fingerprint density at radius 1 is 0.610 bits per heavy atom. The minimum atomic E-state index is -1.75. The molecule has 8 unspecified atom stereocenters. The maximum atomic E-state index is 14.2. The zero-order valence-corrected chi connectivity index (χ0v) is 49.6. The second kappa shape index (κ2) is 31.7. The highest BCUT2D eigenvalue weighted by atomic mass is 16.3. The molecule has 0 aliphatic carbocycles. The number of nitrogens with one attached hydrogen (secondary N) is 10. The molecule has 8 atom stereocenters. The molecule has 22 heteroatoms. The number of aliphatic hydroxyl groups is 1. The standard InChI is InChI=1S/C55H99N11O11/c1-19-35(10)22-23-42(68)66-26-20-21-40(66)48(73)60-37(27-31(2)3)46(71)62-43(44(69)34(8)9)49(74)64-54(14,15)51(76)61-38(28-32(4)5)45(70)59-39(29-33(6)7)47(72)63-55(16,17)52(77)65-53(12,13)50(75)57-25-24-41(67)58-36(11)30-56-18/h22-23,31-40,43-44,56,69H,19-21,24-30H2,1-18H3,(H,57,75)(H,58,67)(H,59,70)(H,60,73)(H,61,76)(H,62,71)(H,63,72)(H,64,74)(H,65,77). The van der Waals surface area contributed by atoms with E-state index in [9.17, 15) is 53.1 Å². The Morgan fingerprint density at radius 2 is 1.10 bits per heavy atom. The largest absolute Gasteiger partial charge is 0.390 e. The van der Waals surface area contributed by atoms with Gasteiger partial charge in [-0.25, -0.2) is 0 Å². The number of hydrogen-bond acceptors (Lipinski definition) is 12.